The molecule has 1 saturated carbocycles. The van der Waals surface area contributed by atoms with E-state index < -0.39 is 0 Å². The molecule has 1 aliphatic carbocycles. The average Bonchev–Trinajstić information content (AvgIpc) is 2.87. The Labute approximate surface area is 116 Å². The van der Waals surface area contributed by atoms with Crippen LogP contribution in [-0.2, 0) is 4.79 Å². The van der Waals surface area contributed by atoms with Crippen molar-refractivity contribution < 1.29 is 4.79 Å². The topological polar surface area (TPSA) is 32.3 Å². The number of rotatable bonds is 4. The molecule has 0 aromatic heterocycles. The number of amides is 1. The van der Waals surface area contributed by atoms with Gasteiger partial charge < -0.3 is 10.2 Å². The van der Waals surface area contributed by atoms with E-state index in [0.717, 1.165) is 5.69 Å². The third kappa shape index (κ3) is 3.80. The Bertz CT molecular complexity index is 430. The van der Waals surface area contributed by atoms with Crippen LogP contribution in [0.1, 0.15) is 36.8 Å². The van der Waals surface area contributed by atoms with E-state index in [4.69, 9.17) is 0 Å². The highest BCUT2D eigenvalue weighted by Crippen LogP contribution is 2.19. The average molecular weight is 260 g/mol. The van der Waals surface area contributed by atoms with E-state index in [1.54, 1.807) is 4.90 Å². The fraction of sp³-hybridized carbons (Fsp3) is 0.562. The molecule has 2 rings (SSSR count). The third-order valence-corrected chi connectivity index (χ3v) is 3.86. The number of likely N-dealkylation sites (N-methyl/N-ethyl adjacent to an activating group) is 1. The molecule has 0 aliphatic heterocycles. The zero-order chi connectivity index (χ0) is 13.8. The molecule has 0 heterocycles. The van der Waals surface area contributed by atoms with Gasteiger partial charge in [-0.3, -0.25) is 4.79 Å². The lowest BCUT2D eigenvalue weighted by atomic mass is 10.1. The van der Waals surface area contributed by atoms with Gasteiger partial charge in [0.1, 0.15) is 0 Å². The third-order valence-electron chi connectivity index (χ3n) is 3.86. The maximum Gasteiger partial charge on any atom is 0.240 e. The van der Waals surface area contributed by atoms with E-state index >= 15 is 0 Å². The summed E-state index contributed by atoms with van der Waals surface area (Å²) in [7, 11) is 1.85. The van der Waals surface area contributed by atoms with Crippen molar-refractivity contribution in [3.05, 3.63) is 29.3 Å². The molecule has 1 amide bonds. The second-order valence-electron chi connectivity index (χ2n) is 5.66. The molecule has 3 nitrogen and oxygen atoms in total. The van der Waals surface area contributed by atoms with Crippen LogP contribution in [0.25, 0.3) is 0 Å². The Hall–Kier alpha value is -1.35. The van der Waals surface area contributed by atoms with Crippen molar-refractivity contribution in [3.63, 3.8) is 0 Å². The minimum Gasteiger partial charge on any atom is -0.314 e. The van der Waals surface area contributed by atoms with Crippen molar-refractivity contribution in [2.45, 2.75) is 45.6 Å². The molecule has 0 bridgehead atoms. The van der Waals surface area contributed by atoms with Gasteiger partial charge in [0.25, 0.3) is 0 Å². The van der Waals surface area contributed by atoms with Gasteiger partial charge >= 0.3 is 0 Å². The minimum atomic E-state index is 0.136. The summed E-state index contributed by atoms with van der Waals surface area (Å²) < 4.78 is 0. The minimum absolute atomic E-state index is 0.136. The van der Waals surface area contributed by atoms with Crippen molar-refractivity contribution >= 4 is 11.6 Å². The monoisotopic (exact) mass is 260 g/mol. The maximum atomic E-state index is 12.2. The molecule has 0 spiro atoms. The zero-order valence-corrected chi connectivity index (χ0v) is 12.2. The number of carbonyl (C=O) groups is 1. The summed E-state index contributed by atoms with van der Waals surface area (Å²) in [6, 6.07) is 6.77. The van der Waals surface area contributed by atoms with Crippen LogP contribution >= 0.6 is 0 Å². The first-order valence-corrected chi connectivity index (χ1v) is 7.14. The molecule has 0 unspecified atom stereocenters. The van der Waals surface area contributed by atoms with Gasteiger partial charge in [0.15, 0.2) is 0 Å². The van der Waals surface area contributed by atoms with Crippen molar-refractivity contribution in [2.24, 2.45) is 0 Å². The number of carbonyl (C=O) groups excluding carboxylic acids is 1. The van der Waals surface area contributed by atoms with E-state index in [1.807, 2.05) is 7.05 Å². The first kappa shape index (κ1) is 14.1. The van der Waals surface area contributed by atoms with Crippen LogP contribution in [0.2, 0.25) is 0 Å². The van der Waals surface area contributed by atoms with E-state index in [2.05, 4.69) is 37.4 Å². The predicted molar refractivity (Wildman–Crippen MR) is 79.6 cm³/mol. The fourth-order valence-corrected chi connectivity index (χ4v) is 2.77. The van der Waals surface area contributed by atoms with Crippen LogP contribution in [-0.4, -0.2) is 25.5 Å². The highest BCUT2D eigenvalue weighted by atomic mass is 16.2. The quantitative estimate of drug-likeness (QED) is 0.903. The Morgan fingerprint density at radius 3 is 2.37 bits per heavy atom. The van der Waals surface area contributed by atoms with Gasteiger partial charge in [0.05, 0.1) is 6.54 Å². The van der Waals surface area contributed by atoms with Crippen molar-refractivity contribution in [2.75, 3.05) is 18.5 Å². The van der Waals surface area contributed by atoms with Crippen LogP contribution in [0.3, 0.4) is 0 Å². The largest absolute Gasteiger partial charge is 0.314 e. The second kappa shape index (κ2) is 6.20. The normalized spacial score (nSPS) is 15.7. The smallest absolute Gasteiger partial charge is 0.240 e. The van der Waals surface area contributed by atoms with Crippen LogP contribution in [0.5, 0.6) is 0 Å². The lowest BCUT2D eigenvalue weighted by Crippen LogP contribution is -2.39. The number of benzene rings is 1. The number of aryl methyl sites for hydroxylation is 2. The van der Waals surface area contributed by atoms with E-state index in [-0.39, 0.29) is 5.91 Å². The molecule has 1 aliphatic rings. The molecule has 1 N–H and O–H groups in total. The lowest BCUT2D eigenvalue weighted by molar-refractivity contribution is -0.117. The summed E-state index contributed by atoms with van der Waals surface area (Å²) in [5.74, 6) is 0.136. The van der Waals surface area contributed by atoms with E-state index in [1.165, 1.54) is 36.8 Å². The summed E-state index contributed by atoms with van der Waals surface area (Å²) in [4.78, 5) is 13.9. The number of anilines is 1. The molecule has 1 fully saturated rings. The van der Waals surface area contributed by atoms with Gasteiger partial charge in [0, 0.05) is 18.8 Å². The number of hydrogen-bond acceptors (Lipinski definition) is 2. The SMILES string of the molecule is Cc1cc(C)cc(N(C)C(=O)CNC2CCCC2)c1. The predicted octanol–water partition coefficient (Wildman–Crippen LogP) is 2.80. The lowest BCUT2D eigenvalue weighted by Gasteiger charge is -2.20. The van der Waals surface area contributed by atoms with Gasteiger partial charge in [-0.15, -0.1) is 0 Å². The molecule has 3 heteroatoms. The molecular weight excluding hydrogens is 236 g/mol. The molecule has 19 heavy (non-hydrogen) atoms. The summed E-state index contributed by atoms with van der Waals surface area (Å²) in [6.45, 7) is 4.56. The van der Waals surface area contributed by atoms with Gasteiger partial charge in [-0.25, -0.2) is 0 Å². The highest BCUT2D eigenvalue weighted by Gasteiger charge is 2.17. The molecule has 1 aromatic carbocycles. The maximum absolute atomic E-state index is 12.2. The Morgan fingerprint density at radius 1 is 1.21 bits per heavy atom. The van der Waals surface area contributed by atoms with Crippen molar-refractivity contribution in [3.8, 4) is 0 Å². The summed E-state index contributed by atoms with van der Waals surface area (Å²) in [6.07, 6.45) is 5.00. The van der Waals surface area contributed by atoms with Gasteiger partial charge in [-0.2, -0.15) is 0 Å². The standard InChI is InChI=1S/C16H24N2O/c1-12-8-13(2)10-15(9-12)18(3)16(19)11-17-14-6-4-5-7-14/h8-10,14,17H,4-7,11H2,1-3H3. The van der Waals surface area contributed by atoms with Gasteiger partial charge in [-0.05, 0) is 49.9 Å². The van der Waals surface area contributed by atoms with E-state index in [9.17, 15) is 4.79 Å². The molecule has 0 radical (unpaired) electrons. The van der Waals surface area contributed by atoms with Crippen LogP contribution in [0.4, 0.5) is 5.69 Å². The molecule has 0 saturated heterocycles. The molecule has 1 aromatic rings. The second-order valence-corrected chi connectivity index (χ2v) is 5.66. The summed E-state index contributed by atoms with van der Waals surface area (Å²) in [5.41, 5.74) is 3.37. The van der Waals surface area contributed by atoms with Crippen LogP contribution in [0.15, 0.2) is 18.2 Å². The number of nitrogens with one attached hydrogen (secondary N) is 1. The first-order valence-electron chi connectivity index (χ1n) is 7.14. The summed E-state index contributed by atoms with van der Waals surface area (Å²) in [5, 5.41) is 3.37. The van der Waals surface area contributed by atoms with E-state index in [0.29, 0.717) is 12.6 Å². The van der Waals surface area contributed by atoms with Crippen LogP contribution < -0.4 is 10.2 Å². The Kier molecular flexibility index (Phi) is 4.59. The Balaban J connectivity index is 1.93. The number of nitrogens with zero attached hydrogens (tertiary/aromatic N) is 1. The number of hydrogen-bond donors (Lipinski definition) is 1. The fourth-order valence-electron chi connectivity index (χ4n) is 2.77. The molecule has 104 valence electrons. The molecule has 0 atom stereocenters. The highest BCUT2D eigenvalue weighted by molar-refractivity contribution is 5.94. The van der Waals surface area contributed by atoms with Gasteiger partial charge in [-0.1, -0.05) is 18.9 Å². The first-order chi connectivity index (χ1) is 9.06. The molecular formula is C16H24N2O. The van der Waals surface area contributed by atoms with Gasteiger partial charge in [0.2, 0.25) is 5.91 Å². The Morgan fingerprint density at radius 2 is 1.79 bits per heavy atom. The zero-order valence-electron chi connectivity index (χ0n) is 12.2. The summed E-state index contributed by atoms with van der Waals surface area (Å²) >= 11 is 0. The van der Waals surface area contributed by atoms with Crippen LogP contribution in [0, 0.1) is 13.8 Å². The van der Waals surface area contributed by atoms with Crippen molar-refractivity contribution in [1.29, 1.82) is 0 Å². The van der Waals surface area contributed by atoms with Crippen molar-refractivity contribution in [1.82, 2.24) is 5.32 Å².